The van der Waals surface area contributed by atoms with Crippen molar-refractivity contribution in [3.8, 4) is 11.5 Å². The molecule has 1 aliphatic heterocycles. The lowest BCUT2D eigenvalue weighted by atomic mass is 10.1. The highest BCUT2D eigenvalue weighted by molar-refractivity contribution is 6.32. The molecule has 0 aliphatic carbocycles. The largest absolute Gasteiger partial charge is 0.489 e. The molecule has 1 N–H and O–H groups in total. The van der Waals surface area contributed by atoms with E-state index in [-0.39, 0.29) is 12.3 Å². The molecule has 7 nitrogen and oxygen atoms in total. The molecule has 0 bridgehead atoms. The summed E-state index contributed by atoms with van der Waals surface area (Å²) in [6.45, 7) is 2.27. The van der Waals surface area contributed by atoms with Crippen molar-refractivity contribution >= 4 is 17.5 Å². The Kier molecular flexibility index (Phi) is 5.95. The highest BCUT2D eigenvalue weighted by atomic mass is 35.5. The number of hydrogen-bond acceptors (Lipinski definition) is 5. The monoisotopic (exact) mass is 412 g/mol. The summed E-state index contributed by atoms with van der Waals surface area (Å²) in [6, 6.07) is 11.6. The van der Waals surface area contributed by atoms with Gasteiger partial charge in [0.1, 0.15) is 12.7 Å². The van der Waals surface area contributed by atoms with E-state index in [1.54, 1.807) is 17.1 Å². The van der Waals surface area contributed by atoms with Crippen LogP contribution in [-0.2, 0) is 24.3 Å². The standard InChI is InChI=1S/C21H21ClN4O3/c22-18-8-17(9-19-21(18)29-7-1-6-28-19)10-20(27)24-11-15-2-4-16(5-3-15)12-26-14-23-13-25-26/h2-5,8-9,13-14H,1,6-7,10-12H2,(H,24,27). The normalized spacial score (nSPS) is 13.0. The van der Waals surface area contributed by atoms with E-state index in [1.165, 1.54) is 6.33 Å². The highest BCUT2D eigenvalue weighted by Gasteiger charge is 2.16. The van der Waals surface area contributed by atoms with Crippen molar-refractivity contribution in [1.82, 2.24) is 20.1 Å². The van der Waals surface area contributed by atoms with Gasteiger partial charge in [-0.3, -0.25) is 4.79 Å². The molecule has 2 heterocycles. The first-order chi connectivity index (χ1) is 14.2. The third-order valence-corrected chi connectivity index (χ3v) is 4.83. The number of ether oxygens (including phenoxy) is 2. The molecule has 0 saturated carbocycles. The maximum absolute atomic E-state index is 12.4. The predicted octanol–water partition coefficient (Wildman–Crippen LogP) is 3.00. The fraction of sp³-hybridized carbons (Fsp3) is 0.286. The molecule has 0 spiro atoms. The zero-order valence-corrected chi connectivity index (χ0v) is 16.6. The highest BCUT2D eigenvalue weighted by Crippen LogP contribution is 2.38. The zero-order valence-electron chi connectivity index (χ0n) is 15.8. The number of carbonyl (C=O) groups is 1. The smallest absolute Gasteiger partial charge is 0.224 e. The van der Waals surface area contributed by atoms with Crippen molar-refractivity contribution in [2.45, 2.75) is 25.9 Å². The van der Waals surface area contributed by atoms with Crippen LogP contribution in [0.15, 0.2) is 49.1 Å². The number of nitrogens with one attached hydrogen (secondary N) is 1. The van der Waals surface area contributed by atoms with Crippen LogP contribution in [0, 0.1) is 0 Å². The van der Waals surface area contributed by atoms with Gasteiger partial charge in [0.2, 0.25) is 5.91 Å². The second-order valence-corrected chi connectivity index (χ2v) is 7.23. The van der Waals surface area contributed by atoms with Gasteiger partial charge in [-0.15, -0.1) is 0 Å². The zero-order chi connectivity index (χ0) is 20.1. The van der Waals surface area contributed by atoms with Gasteiger partial charge < -0.3 is 14.8 Å². The number of hydrogen-bond donors (Lipinski definition) is 1. The van der Waals surface area contributed by atoms with Gasteiger partial charge in [0, 0.05) is 13.0 Å². The summed E-state index contributed by atoms with van der Waals surface area (Å²) in [4.78, 5) is 16.3. The summed E-state index contributed by atoms with van der Waals surface area (Å²) in [6.07, 6.45) is 4.22. The van der Waals surface area contributed by atoms with Crippen LogP contribution in [0.3, 0.4) is 0 Å². The van der Waals surface area contributed by atoms with Gasteiger partial charge >= 0.3 is 0 Å². The first-order valence-electron chi connectivity index (χ1n) is 9.42. The van der Waals surface area contributed by atoms with E-state index < -0.39 is 0 Å². The molecule has 1 aliphatic rings. The lowest BCUT2D eigenvalue weighted by molar-refractivity contribution is -0.120. The molecule has 0 fully saturated rings. The molecule has 1 amide bonds. The van der Waals surface area contributed by atoms with Crippen molar-refractivity contribution in [2.75, 3.05) is 13.2 Å². The van der Waals surface area contributed by atoms with E-state index in [0.29, 0.717) is 42.8 Å². The average Bonchev–Trinajstić information content (AvgIpc) is 3.10. The van der Waals surface area contributed by atoms with E-state index in [4.69, 9.17) is 21.1 Å². The molecule has 29 heavy (non-hydrogen) atoms. The summed E-state index contributed by atoms with van der Waals surface area (Å²) in [5.74, 6) is 1.07. The molecule has 0 atom stereocenters. The molecular weight excluding hydrogens is 392 g/mol. The number of rotatable bonds is 6. The van der Waals surface area contributed by atoms with Crippen LogP contribution in [-0.4, -0.2) is 33.9 Å². The van der Waals surface area contributed by atoms with Crippen LogP contribution in [0.2, 0.25) is 5.02 Å². The van der Waals surface area contributed by atoms with Gasteiger partial charge in [-0.1, -0.05) is 35.9 Å². The number of carbonyl (C=O) groups excluding carboxylic acids is 1. The van der Waals surface area contributed by atoms with Gasteiger partial charge in [0.15, 0.2) is 11.5 Å². The minimum absolute atomic E-state index is 0.0813. The fourth-order valence-electron chi connectivity index (χ4n) is 3.10. The molecule has 8 heteroatoms. The van der Waals surface area contributed by atoms with Gasteiger partial charge in [0.05, 0.1) is 31.2 Å². The number of halogens is 1. The lowest BCUT2D eigenvalue weighted by Crippen LogP contribution is -2.24. The van der Waals surface area contributed by atoms with E-state index in [2.05, 4.69) is 15.4 Å². The Morgan fingerprint density at radius 2 is 1.90 bits per heavy atom. The van der Waals surface area contributed by atoms with Gasteiger partial charge in [-0.25, -0.2) is 9.67 Å². The third kappa shape index (κ3) is 5.06. The number of nitrogens with zero attached hydrogens (tertiary/aromatic N) is 3. The maximum atomic E-state index is 12.4. The molecule has 150 valence electrons. The quantitative estimate of drug-likeness (QED) is 0.673. The Bertz CT molecular complexity index is 974. The van der Waals surface area contributed by atoms with Crippen molar-refractivity contribution in [3.63, 3.8) is 0 Å². The Labute approximate surface area is 173 Å². The minimum atomic E-state index is -0.0813. The second-order valence-electron chi connectivity index (χ2n) is 6.82. The number of aromatic nitrogens is 3. The molecule has 0 unspecified atom stereocenters. The third-order valence-electron chi connectivity index (χ3n) is 4.55. The summed E-state index contributed by atoms with van der Waals surface area (Å²) >= 11 is 6.30. The molecule has 2 aromatic carbocycles. The molecule has 0 saturated heterocycles. The summed E-state index contributed by atoms with van der Waals surface area (Å²) in [5.41, 5.74) is 2.93. The van der Waals surface area contributed by atoms with E-state index in [9.17, 15) is 4.79 Å². The first kappa shape index (κ1) is 19.3. The minimum Gasteiger partial charge on any atom is -0.489 e. The molecular formula is C21H21ClN4O3. The van der Waals surface area contributed by atoms with Crippen LogP contribution < -0.4 is 14.8 Å². The molecule has 4 rings (SSSR count). The van der Waals surface area contributed by atoms with Crippen LogP contribution in [0.25, 0.3) is 0 Å². The maximum Gasteiger partial charge on any atom is 0.224 e. The van der Waals surface area contributed by atoms with Crippen molar-refractivity contribution in [3.05, 3.63) is 70.8 Å². The van der Waals surface area contributed by atoms with Crippen LogP contribution in [0.1, 0.15) is 23.1 Å². The van der Waals surface area contributed by atoms with Gasteiger partial charge in [0.25, 0.3) is 0 Å². The second kappa shape index (κ2) is 8.96. The van der Waals surface area contributed by atoms with Crippen LogP contribution >= 0.6 is 11.6 Å². The Morgan fingerprint density at radius 3 is 2.69 bits per heavy atom. The van der Waals surface area contributed by atoms with Gasteiger partial charge in [-0.2, -0.15) is 5.10 Å². The van der Waals surface area contributed by atoms with Gasteiger partial charge in [-0.05, 0) is 28.8 Å². The Morgan fingerprint density at radius 1 is 1.10 bits per heavy atom. The Balaban J connectivity index is 1.32. The lowest BCUT2D eigenvalue weighted by Gasteiger charge is -2.12. The van der Waals surface area contributed by atoms with E-state index >= 15 is 0 Å². The van der Waals surface area contributed by atoms with Crippen molar-refractivity contribution < 1.29 is 14.3 Å². The summed E-state index contributed by atoms with van der Waals surface area (Å²) < 4.78 is 13.1. The van der Waals surface area contributed by atoms with Crippen molar-refractivity contribution in [2.24, 2.45) is 0 Å². The fourth-order valence-corrected chi connectivity index (χ4v) is 3.39. The topological polar surface area (TPSA) is 78.3 Å². The molecule has 0 radical (unpaired) electrons. The van der Waals surface area contributed by atoms with Crippen LogP contribution in [0.5, 0.6) is 11.5 Å². The van der Waals surface area contributed by atoms with E-state index in [1.807, 2.05) is 30.3 Å². The van der Waals surface area contributed by atoms with Crippen molar-refractivity contribution in [1.29, 1.82) is 0 Å². The SMILES string of the molecule is O=C(Cc1cc(Cl)c2c(c1)OCCCO2)NCc1ccc(Cn2cncn2)cc1. The van der Waals surface area contributed by atoms with Crippen LogP contribution in [0.4, 0.5) is 0 Å². The predicted molar refractivity (Wildman–Crippen MR) is 108 cm³/mol. The summed E-state index contributed by atoms with van der Waals surface area (Å²) in [5, 5.41) is 7.50. The number of fused-ring (bicyclic) bond motifs is 1. The average molecular weight is 413 g/mol. The molecule has 3 aromatic rings. The number of amides is 1. The molecule has 1 aromatic heterocycles. The summed E-state index contributed by atoms with van der Waals surface area (Å²) in [7, 11) is 0. The van der Waals surface area contributed by atoms with E-state index in [0.717, 1.165) is 23.1 Å². The Hall–Kier alpha value is -3.06. The first-order valence-corrected chi connectivity index (χ1v) is 9.80. The number of benzene rings is 2.